The van der Waals surface area contributed by atoms with Crippen LogP contribution in [-0.4, -0.2) is 37.8 Å². The van der Waals surface area contributed by atoms with Crippen LogP contribution < -0.4 is 5.32 Å². The van der Waals surface area contributed by atoms with Crippen LogP contribution in [-0.2, 0) is 10.8 Å². The Morgan fingerprint density at radius 1 is 1.67 bits per heavy atom. The van der Waals surface area contributed by atoms with Gasteiger partial charge in [0.2, 0.25) is 0 Å². The lowest BCUT2D eigenvalue weighted by molar-refractivity contribution is 0.239. The average molecular weight is 229 g/mol. The van der Waals surface area contributed by atoms with Gasteiger partial charge >= 0.3 is 6.03 Å². The monoisotopic (exact) mass is 229 g/mol. The van der Waals surface area contributed by atoms with Crippen LogP contribution in [0.15, 0.2) is 18.7 Å². The minimum absolute atomic E-state index is 0.0174. The fourth-order valence-electron chi connectivity index (χ4n) is 1.08. The van der Waals surface area contributed by atoms with Gasteiger partial charge in [0, 0.05) is 41.2 Å². The molecule has 0 saturated carbocycles. The van der Waals surface area contributed by atoms with Crippen molar-refractivity contribution >= 4 is 16.8 Å². The summed E-state index contributed by atoms with van der Waals surface area (Å²) in [7, 11) is -0.808. The molecule has 1 aromatic heterocycles. The maximum absolute atomic E-state index is 11.5. The third-order valence-electron chi connectivity index (χ3n) is 1.95. The second-order valence-corrected chi connectivity index (χ2v) is 4.94. The molecule has 84 valence electrons. The van der Waals surface area contributed by atoms with E-state index in [4.69, 9.17) is 0 Å². The number of amides is 1. The van der Waals surface area contributed by atoms with Crippen LogP contribution in [0.5, 0.6) is 0 Å². The minimum Gasteiger partial charge on any atom is -0.335 e. The Kier molecular flexibility index (Phi) is 4.48. The Morgan fingerprint density at radius 2 is 2.40 bits per heavy atom. The molecule has 1 amide bonds. The van der Waals surface area contributed by atoms with Crippen molar-refractivity contribution in [3.63, 3.8) is 0 Å². The van der Waals surface area contributed by atoms with Crippen molar-refractivity contribution in [1.29, 1.82) is 0 Å². The number of aromatic nitrogens is 2. The molecule has 0 aliphatic carbocycles. The summed E-state index contributed by atoms with van der Waals surface area (Å²) in [6, 6.07) is -0.189. The SMILES string of the molecule is CC(CCS(C)=O)NC(=O)n1ccnc1. The van der Waals surface area contributed by atoms with Gasteiger partial charge in [0.25, 0.3) is 0 Å². The molecule has 0 fully saturated rings. The highest BCUT2D eigenvalue weighted by atomic mass is 32.2. The molecule has 2 unspecified atom stereocenters. The fourth-order valence-corrected chi connectivity index (χ4v) is 1.76. The number of carbonyl (C=O) groups is 1. The van der Waals surface area contributed by atoms with E-state index in [1.165, 1.54) is 10.9 Å². The van der Waals surface area contributed by atoms with Crippen molar-refractivity contribution in [2.45, 2.75) is 19.4 Å². The van der Waals surface area contributed by atoms with E-state index in [2.05, 4.69) is 10.3 Å². The zero-order valence-electron chi connectivity index (χ0n) is 8.84. The number of rotatable bonds is 4. The number of nitrogens with zero attached hydrogens (tertiary/aromatic N) is 2. The zero-order chi connectivity index (χ0) is 11.3. The fraction of sp³-hybridized carbons (Fsp3) is 0.556. The Labute approximate surface area is 91.3 Å². The molecule has 0 saturated heterocycles. The maximum atomic E-state index is 11.5. The summed E-state index contributed by atoms with van der Waals surface area (Å²) in [5, 5.41) is 2.79. The summed E-state index contributed by atoms with van der Waals surface area (Å²) in [6.07, 6.45) is 6.94. The molecule has 0 aliphatic heterocycles. The Hall–Kier alpha value is -1.17. The first kappa shape index (κ1) is 11.9. The van der Waals surface area contributed by atoms with Crippen LogP contribution in [0.25, 0.3) is 0 Å². The van der Waals surface area contributed by atoms with Crippen molar-refractivity contribution in [3.8, 4) is 0 Å². The predicted octanol–water partition coefficient (Wildman–Crippen LogP) is 0.598. The van der Waals surface area contributed by atoms with Crippen LogP contribution >= 0.6 is 0 Å². The van der Waals surface area contributed by atoms with Gasteiger partial charge in [0.15, 0.2) is 0 Å². The molecule has 1 N–H and O–H groups in total. The first-order valence-electron chi connectivity index (χ1n) is 4.68. The van der Waals surface area contributed by atoms with Crippen LogP contribution in [0.2, 0.25) is 0 Å². The summed E-state index contributed by atoms with van der Waals surface area (Å²) >= 11 is 0. The van der Waals surface area contributed by atoms with Crippen LogP contribution in [0.4, 0.5) is 4.79 Å². The smallest absolute Gasteiger partial charge is 0.327 e. The zero-order valence-corrected chi connectivity index (χ0v) is 9.66. The van der Waals surface area contributed by atoms with Crippen LogP contribution in [0, 0.1) is 0 Å². The summed E-state index contributed by atoms with van der Waals surface area (Å²) in [5.74, 6) is 0.603. The molecule has 0 aromatic carbocycles. The highest BCUT2D eigenvalue weighted by molar-refractivity contribution is 7.84. The highest BCUT2D eigenvalue weighted by Crippen LogP contribution is 1.94. The van der Waals surface area contributed by atoms with E-state index >= 15 is 0 Å². The van der Waals surface area contributed by atoms with Gasteiger partial charge in [-0.2, -0.15) is 0 Å². The number of imidazole rings is 1. The van der Waals surface area contributed by atoms with E-state index in [1.807, 2.05) is 6.92 Å². The molecular formula is C9H15N3O2S. The number of nitrogens with one attached hydrogen (secondary N) is 1. The van der Waals surface area contributed by atoms with Gasteiger partial charge in [0.05, 0.1) is 0 Å². The summed E-state index contributed by atoms with van der Waals surface area (Å²) in [5.41, 5.74) is 0. The minimum atomic E-state index is -0.808. The van der Waals surface area contributed by atoms with Gasteiger partial charge in [-0.05, 0) is 13.3 Å². The van der Waals surface area contributed by atoms with Crippen molar-refractivity contribution in [3.05, 3.63) is 18.7 Å². The largest absolute Gasteiger partial charge is 0.335 e. The molecule has 1 rings (SSSR count). The molecule has 1 heterocycles. The van der Waals surface area contributed by atoms with Gasteiger partial charge < -0.3 is 5.32 Å². The molecular weight excluding hydrogens is 214 g/mol. The second-order valence-electron chi connectivity index (χ2n) is 3.39. The normalized spacial score (nSPS) is 14.5. The lowest BCUT2D eigenvalue weighted by Crippen LogP contribution is -2.36. The third-order valence-corrected chi connectivity index (χ3v) is 2.76. The van der Waals surface area contributed by atoms with E-state index in [0.717, 1.165) is 0 Å². The van der Waals surface area contributed by atoms with E-state index in [0.29, 0.717) is 12.2 Å². The molecule has 6 heteroatoms. The molecule has 1 aromatic rings. The molecule has 0 radical (unpaired) electrons. The molecule has 0 aliphatic rings. The van der Waals surface area contributed by atoms with Gasteiger partial charge in [-0.3, -0.25) is 8.78 Å². The number of carbonyl (C=O) groups excluding carboxylic acids is 1. The van der Waals surface area contributed by atoms with Crippen LogP contribution in [0.1, 0.15) is 13.3 Å². The van der Waals surface area contributed by atoms with E-state index < -0.39 is 10.8 Å². The number of hydrogen-bond acceptors (Lipinski definition) is 3. The lowest BCUT2D eigenvalue weighted by Gasteiger charge is -2.12. The van der Waals surface area contributed by atoms with Crippen molar-refractivity contribution < 1.29 is 9.00 Å². The van der Waals surface area contributed by atoms with Gasteiger partial charge in [-0.15, -0.1) is 0 Å². The second kappa shape index (κ2) is 5.65. The molecule has 0 spiro atoms. The van der Waals surface area contributed by atoms with Crippen molar-refractivity contribution in [1.82, 2.24) is 14.9 Å². The Morgan fingerprint density at radius 3 is 2.93 bits per heavy atom. The Balaban J connectivity index is 2.35. The molecule has 15 heavy (non-hydrogen) atoms. The topological polar surface area (TPSA) is 64.0 Å². The van der Waals surface area contributed by atoms with Crippen LogP contribution in [0.3, 0.4) is 0 Å². The lowest BCUT2D eigenvalue weighted by atomic mass is 10.3. The van der Waals surface area contributed by atoms with Crippen molar-refractivity contribution in [2.75, 3.05) is 12.0 Å². The predicted molar refractivity (Wildman–Crippen MR) is 59.2 cm³/mol. The van der Waals surface area contributed by atoms with Gasteiger partial charge in [-0.1, -0.05) is 0 Å². The molecule has 0 bridgehead atoms. The maximum Gasteiger partial charge on any atom is 0.327 e. The number of hydrogen-bond donors (Lipinski definition) is 1. The summed E-state index contributed by atoms with van der Waals surface area (Å²) in [4.78, 5) is 15.3. The Bertz CT molecular complexity index is 337. The standard InChI is InChI=1S/C9H15N3O2S/c1-8(3-6-15(2)14)11-9(13)12-5-4-10-7-12/h4-5,7-8H,3,6H2,1-2H3,(H,11,13). The van der Waals surface area contributed by atoms with Crippen molar-refractivity contribution in [2.24, 2.45) is 0 Å². The van der Waals surface area contributed by atoms with E-state index in [9.17, 15) is 9.00 Å². The third kappa shape index (κ3) is 4.24. The molecule has 2 atom stereocenters. The highest BCUT2D eigenvalue weighted by Gasteiger charge is 2.08. The summed E-state index contributed by atoms with van der Waals surface area (Å²) < 4.78 is 12.2. The summed E-state index contributed by atoms with van der Waals surface area (Å²) in [6.45, 7) is 1.89. The van der Waals surface area contributed by atoms with Gasteiger partial charge in [-0.25, -0.2) is 9.78 Å². The van der Waals surface area contributed by atoms with E-state index in [-0.39, 0.29) is 12.1 Å². The van der Waals surface area contributed by atoms with E-state index in [1.54, 1.807) is 18.6 Å². The first-order valence-corrected chi connectivity index (χ1v) is 6.41. The first-order chi connectivity index (χ1) is 7.09. The molecule has 5 nitrogen and oxygen atoms in total. The average Bonchev–Trinajstić information content (AvgIpc) is 2.67. The van der Waals surface area contributed by atoms with Gasteiger partial charge in [0.1, 0.15) is 6.33 Å². The quantitative estimate of drug-likeness (QED) is 0.822.